The number of aliphatic carboxylic acids is 1. The summed E-state index contributed by atoms with van der Waals surface area (Å²) >= 11 is 3.54. The van der Waals surface area contributed by atoms with Crippen LogP contribution in [0.25, 0.3) is 0 Å². The Bertz CT molecular complexity index is 2300. The van der Waals surface area contributed by atoms with Crippen LogP contribution in [0.3, 0.4) is 0 Å². The largest absolute Gasteiger partial charge is 0.504 e. The van der Waals surface area contributed by atoms with Crippen LogP contribution in [-0.4, -0.2) is 89.7 Å². The van der Waals surface area contributed by atoms with E-state index in [2.05, 4.69) is 20.4 Å². The number of phenolic OH excluding ortho intramolecular Hbond substituents is 2. The fraction of sp³-hybridized carbons (Fsp3) is 0.200. The Morgan fingerprint density at radius 3 is 2.60 bits per heavy atom. The zero-order valence-electron chi connectivity index (χ0n) is 29.7. The van der Waals surface area contributed by atoms with Crippen molar-refractivity contribution in [2.45, 2.75) is 29.3 Å². The van der Waals surface area contributed by atoms with E-state index in [0.717, 1.165) is 23.5 Å². The highest BCUT2D eigenvalue weighted by Crippen LogP contribution is 2.41. The Kier molecular flexibility index (Phi) is 12.3. The normalized spacial score (nSPS) is 17.1. The van der Waals surface area contributed by atoms with E-state index < -0.39 is 58.5 Å². The second kappa shape index (κ2) is 17.5. The molecule has 1 saturated heterocycles. The van der Waals surface area contributed by atoms with Crippen molar-refractivity contribution in [2.75, 3.05) is 35.9 Å². The molecule has 10 N–H and O–H groups in total. The fourth-order valence-electron chi connectivity index (χ4n) is 5.41. The average Bonchev–Trinajstić information content (AvgIpc) is 3.63. The molecule has 2 aliphatic rings. The number of β-lactam (4-membered cyclic amide) rings is 1. The van der Waals surface area contributed by atoms with Crippen molar-refractivity contribution < 1.29 is 53.5 Å². The quantitative estimate of drug-likeness (QED) is 0.0103. The van der Waals surface area contributed by atoms with Gasteiger partial charge >= 0.3 is 17.1 Å². The summed E-state index contributed by atoms with van der Waals surface area (Å²) in [5.41, 5.74) is 12.1. The highest BCUT2D eigenvalue weighted by atomic mass is 32.2. The summed E-state index contributed by atoms with van der Waals surface area (Å²) in [6.45, 7) is -0.103. The molecule has 1 unspecified atom stereocenters. The van der Waals surface area contributed by atoms with Crippen molar-refractivity contribution in [1.29, 1.82) is 0 Å². The number of esters is 1. The summed E-state index contributed by atoms with van der Waals surface area (Å²) in [5.74, 6) is 2.49. The molecular weight excluding hydrogens is 803 g/mol. The molecule has 19 nitrogen and oxygen atoms in total. The zero-order chi connectivity index (χ0) is 40.8. The summed E-state index contributed by atoms with van der Waals surface area (Å²) < 4.78 is 12.2. The summed E-state index contributed by atoms with van der Waals surface area (Å²) in [4.78, 5) is 68.3. The number of nitrogen functional groups attached to an aromatic ring is 3. The van der Waals surface area contributed by atoms with Crippen LogP contribution in [0.5, 0.6) is 17.2 Å². The number of anilines is 2. The van der Waals surface area contributed by atoms with Crippen LogP contribution in [0.1, 0.15) is 22.9 Å². The summed E-state index contributed by atoms with van der Waals surface area (Å²) in [6.07, 6.45) is 3.22. The lowest BCUT2D eigenvalue weighted by Crippen LogP contribution is -2.71. The van der Waals surface area contributed by atoms with Gasteiger partial charge in [-0.25, -0.2) is 14.6 Å². The van der Waals surface area contributed by atoms with Gasteiger partial charge in [0.25, 0.3) is 11.8 Å². The lowest BCUT2D eigenvalue weighted by Gasteiger charge is -2.49. The lowest BCUT2D eigenvalue weighted by atomic mass is 10.0. The van der Waals surface area contributed by atoms with E-state index in [4.69, 9.17) is 31.6 Å². The summed E-state index contributed by atoms with van der Waals surface area (Å²) in [6, 6.07) is 10.5. The molecule has 0 saturated carbocycles. The number of phenols is 2. The molecule has 2 aromatic carbocycles. The van der Waals surface area contributed by atoms with Crippen molar-refractivity contribution in [3.05, 3.63) is 100 Å². The third-order valence-electron chi connectivity index (χ3n) is 8.24. The number of hydrogen-bond acceptors (Lipinski definition) is 18. The molecule has 0 bridgehead atoms. The number of thioether (sulfide) groups is 2. The topological polar surface area (TPSA) is 292 Å². The molecule has 22 heteroatoms. The molecule has 2 aromatic heterocycles. The first-order valence-electron chi connectivity index (χ1n) is 16.6. The minimum absolute atomic E-state index is 0.00840. The number of fused-ring (bicyclic) bond motifs is 1. The number of oxime groups is 1. The number of aromatic hydroxyl groups is 2. The van der Waals surface area contributed by atoms with Gasteiger partial charge in [0.05, 0.1) is 7.11 Å². The first-order valence-corrected chi connectivity index (χ1v) is 19.5. The maximum atomic E-state index is 13.8. The number of nitrogens with two attached hydrogens (primary N) is 3. The van der Waals surface area contributed by atoms with Gasteiger partial charge < -0.3 is 46.4 Å². The average molecular weight is 837 g/mol. The van der Waals surface area contributed by atoms with E-state index in [1.807, 2.05) is 0 Å². The highest BCUT2D eigenvalue weighted by molar-refractivity contribution is 8.00. The number of ether oxygens (including phenoxy) is 2. The van der Waals surface area contributed by atoms with Crippen LogP contribution in [0, 0.1) is 0 Å². The number of carboxylic acid groups (broad SMARTS) is 1. The Hall–Kier alpha value is -6.52. The van der Waals surface area contributed by atoms with Gasteiger partial charge in [0.15, 0.2) is 22.3 Å². The first-order chi connectivity index (χ1) is 27.3. The molecule has 4 heterocycles. The zero-order valence-corrected chi connectivity index (χ0v) is 32.1. The molecular formula is C35H34N9O10S3+. The number of methoxy groups -OCH3 is 1. The van der Waals surface area contributed by atoms with Gasteiger partial charge in [0.2, 0.25) is 11.9 Å². The van der Waals surface area contributed by atoms with Crippen LogP contribution >= 0.6 is 34.9 Å². The van der Waals surface area contributed by atoms with Crippen LogP contribution < -0.4 is 32.0 Å². The Labute approximate surface area is 335 Å². The maximum absolute atomic E-state index is 13.8. The number of carboxylic acids is 1. The lowest BCUT2D eigenvalue weighted by molar-refractivity contribution is -0.682. The number of carbonyl (C=O) groups excluding carboxylic acids is 3. The third kappa shape index (κ3) is 9.14. The molecule has 0 aliphatic carbocycles. The smallest absolute Gasteiger partial charge is 0.384 e. The van der Waals surface area contributed by atoms with Crippen LogP contribution in [0.4, 0.5) is 10.9 Å². The molecule has 4 aromatic rings. The number of amides is 2. The fourth-order valence-corrected chi connectivity index (χ4v) is 8.00. The predicted octanol–water partition coefficient (Wildman–Crippen LogP) is 1.42. The Morgan fingerprint density at radius 1 is 1.14 bits per heavy atom. The monoisotopic (exact) mass is 836 g/mol. The van der Waals surface area contributed by atoms with Gasteiger partial charge in [-0.1, -0.05) is 35.5 Å². The van der Waals surface area contributed by atoms with Crippen molar-refractivity contribution in [1.82, 2.24) is 20.2 Å². The number of thiazole rings is 1. The van der Waals surface area contributed by atoms with E-state index in [9.17, 15) is 34.5 Å². The highest BCUT2D eigenvalue weighted by Gasteiger charge is 2.54. The van der Waals surface area contributed by atoms with Gasteiger partial charge in [-0.3, -0.25) is 20.3 Å². The summed E-state index contributed by atoms with van der Waals surface area (Å²) in [7, 11) is 1.53. The number of carbonyl (C=O) groups is 4. The van der Waals surface area contributed by atoms with E-state index >= 15 is 0 Å². The van der Waals surface area contributed by atoms with E-state index in [-0.39, 0.29) is 34.4 Å². The SMILES string of the molecule is COc1ccc(COC(=O)C2=C(/C=C/CSc3nc(N)cc[n+]3N)CS[C@@H]3[C@H](NC(=O)/C(=N\OC(C(=O)O)c4ccc(O)c(O)c4)c4csc(N)n4)C(=O)N23)cc1. The molecule has 0 spiro atoms. The summed E-state index contributed by atoms with van der Waals surface area (Å²) in [5, 5.41) is 37.0. The number of rotatable bonds is 15. The predicted molar refractivity (Wildman–Crippen MR) is 208 cm³/mol. The second-order valence-electron chi connectivity index (χ2n) is 12.0. The van der Waals surface area contributed by atoms with E-state index in [1.54, 1.807) is 48.7 Å². The van der Waals surface area contributed by atoms with Crippen molar-refractivity contribution >= 4 is 75.3 Å². The van der Waals surface area contributed by atoms with Gasteiger partial charge in [-0.2, -0.15) is 0 Å². The third-order valence-corrected chi connectivity index (χ3v) is 11.1. The number of allylic oxidation sites excluding steroid dienone is 1. The van der Waals surface area contributed by atoms with E-state index in [1.165, 1.54) is 51.7 Å². The van der Waals surface area contributed by atoms with Crippen LogP contribution in [0.15, 0.2) is 93.8 Å². The minimum Gasteiger partial charge on any atom is -0.504 e. The molecule has 6 rings (SSSR count). The Morgan fingerprint density at radius 2 is 1.91 bits per heavy atom. The first kappa shape index (κ1) is 40.2. The standard InChI is InChI=1S/C35H33N9O10S3/c1-52-20-7-4-17(5-8-20)14-53-33(51)27-19(3-2-12-55-35-40-24(36)10-11-43(35)38)15-56-31-26(30(48)44(27)31)41-29(47)25(21-16-57-34(37)39-21)42-54-28(32(49)50)18-6-9-22(45)23(46)13-18/h2-11,13,16,26,28,31,36H,12,14-15,38H2,1H3,(H6,37,39,41,42,45,46,47,49,50)/p+1/b3-2+/t26-,28?,31-/m1/s1. The Balaban J connectivity index is 1.23. The number of nitrogens with one attached hydrogen (secondary N) is 1. The second-order valence-corrected chi connectivity index (χ2v) is 15.0. The van der Waals surface area contributed by atoms with E-state index in [0.29, 0.717) is 33.6 Å². The molecule has 57 heavy (non-hydrogen) atoms. The number of nitrogens with zero attached hydrogens (tertiary/aromatic N) is 5. The molecule has 296 valence electrons. The van der Waals surface area contributed by atoms with Gasteiger partial charge in [0.1, 0.15) is 41.4 Å². The molecule has 2 aliphatic heterocycles. The molecule has 2 amide bonds. The number of hydrogen-bond donors (Lipinski definition) is 7. The van der Waals surface area contributed by atoms with Gasteiger partial charge in [0, 0.05) is 28.5 Å². The minimum atomic E-state index is -1.83. The molecule has 3 atom stereocenters. The number of benzene rings is 2. The number of aromatic nitrogens is 3. The van der Waals surface area contributed by atoms with Crippen LogP contribution in [0.2, 0.25) is 0 Å². The molecule has 0 radical (unpaired) electrons. The van der Waals surface area contributed by atoms with Gasteiger partial charge in [-0.15, -0.1) is 27.8 Å². The van der Waals surface area contributed by atoms with Gasteiger partial charge in [-0.05, 0) is 52.1 Å². The van der Waals surface area contributed by atoms with Crippen molar-refractivity contribution in [3.8, 4) is 17.2 Å². The molecule has 1 fully saturated rings. The maximum Gasteiger partial charge on any atom is 0.384 e. The van der Waals surface area contributed by atoms with Crippen molar-refractivity contribution in [3.63, 3.8) is 0 Å². The van der Waals surface area contributed by atoms with Crippen molar-refractivity contribution in [2.24, 2.45) is 5.16 Å². The van der Waals surface area contributed by atoms with Crippen LogP contribution in [-0.2, 0) is 35.4 Å².